The van der Waals surface area contributed by atoms with Crippen molar-refractivity contribution < 1.29 is 230 Å². The van der Waals surface area contributed by atoms with Crippen molar-refractivity contribution in [1.82, 2.24) is 34.6 Å². The topological polar surface area (TPSA) is 646 Å². The van der Waals surface area contributed by atoms with Crippen molar-refractivity contribution in [3.8, 4) is 0 Å². The van der Waals surface area contributed by atoms with Gasteiger partial charge in [-0.15, -0.1) is 12.6 Å². The number of nitrogens with two attached hydrogens (primary N) is 2. The van der Waals surface area contributed by atoms with Crippen LogP contribution in [0.3, 0.4) is 0 Å². The van der Waals surface area contributed by atoms with Gasteiger partial charge in [-0.05, 0) is 234 Å². The molecule has 4 aromatic carbocycles. The predicted octanol–water partition coefficient (Wildman–Crippen LogP) is 3.34. The first-order valence-corrected chi connectivity index (χ1v) is 52.4. The molecular weight excluding hydrogens is 2070 g/mol. The molecule has 792 valence electrons. The van der Waals surface area contributed by atoms with Crippen molar-refractivity contribution in [2.24, 2.45) is 54.0 Å². The Morgan fingerprint density at radius 2 is 0.883 bits per heavy atom. The van der Waals surface area contributed by atoms with Crippen LogP contribution in [0.25, 0.3) is 0 Å². The first kappa shape index (κ1) is 125. The molecule has 45 nitrogen and oxygen atoms in total. The number of hydrogen-bond donors (Lipinski definition) is 8. The van der Waals surface area contributed by atoms with Gasteiger partial charge >= 0.3 is 139 Å². The standard InChI is InChI=1S/C23H30N4O8S.C18H24N4O7S.C18H22N4O6S.C17H27N3O4.C10H14S.C4H7ClO2S.CH2O3.CH4.2K.H/c1-20(2,3)35-19(29)26-16(17(28)34-6)21(4,5)24-18(26)22-11-23(12-22,13-22)25-36(32,33)15-10-8-7-9-14(15)27(30)31;1-16(2,19)13(14(23)29-3)20-15(24)17-8-18(9-17,10-17)21-30(27,28)12-7-5-4-6-11(12)22(25)26;1-16(2)13(14(23)28-3)19-15(20-16)17-8-18(9-17,10-17)21-29(26,27)12-7-5-4-6-11(12)22(24)25;1-14(2,3)24-13(22)20-10(11(21)23-6)15(4,5)19-12(20)16-7-17(18,8-16)9-16;1-10(2,3)8-4-6-9(11)7-5-8;5-8(6,7)3-4-1-2-4;2-1-4-3;;;;/h7-10,16,25H,11-13H2,1-6H3;4-7,13,21H,8-10,19H2,1-3H3,(H,20,24);4-7,13,21H,8-10H2,1-3H3,(H,19,20);10H,7-9,18H2,1-6H3;4-7,11H,1-3H3;4H,1-3H2;1,3H;1H4;;;/q;;;;;;;;2*+1;-1/p-1/t16-,22?,23?;2*13-,17?,18?;10-,16?,17?;;;;;;;/m0000......./s1. The maximum atomic E-state index is 13.2. The number of nitrogens with one attached hydrogen (secondary N) is 5. The number of benzene rings is 4. The molecule has 4 aromatic rings. The molecule has 13 saturated carbocycles. The zero-order valence-corrected chi connectivity index (χ0v) is 95.9. The second kappa shape index (κ2) is 44.6. The van der Waals surface area contributed by atoms with Crippen molar-refractivity contribution >= 4 is 145 Å². The summed E-state index contributed by atoms with van der Waals surface area (Å²) in [6.45, 7) is 31.0. The third-order valence-electron chi connectivity index (χ3n) is 26.5. The predicted molar refractivity (Wildman–Crippen MR) is 524 cm³/mol. The van der Waals surface area contributed by atoms with Crippen molar-refractivity contribution in [3.05, 3.63) is 133 Å². The Bertz CT molecular complexity index is 6190. The fourth-order valence-electron chi connectivity index (χ4n) is 20.4. The fraction of sp³-hybridized carbons (Fsp3) is 0.620. The van der Waals surface area contributed by atoms with Crippen LogP contribution in [0.15, 0.2) is 132 Å². The normalized spacial score (nSPS) is 27.0. The number of esters is 4. The van der Waals surface area contributed by atoms with E-state index in [0.29, 0.717) is 61.9 Å². The molecule has 8 bridgehead atoms. The number of methoxy groups -OCH3 is 4. The Balaban J connectivity index is 0.000000276. The van der Waals surface area contributed by atoms with Gasteiger partial charge in [-0.2, -0.15) is 0 Å². The monoisotopic (exact) mass is 2200 g/mol. The molecule has 20 rings (SSSR count). The number of nitro benzene ring substituents is 3. The van der Waals surface area contributed by atoms with E-state index in [1.807, 2.05) is 39.8 Å². The summed E-state index contributed by atoms with van der Waals surface area (Å²) >= 11 is 4.23. The molecule has 4 atom stereocenters. The van der Waals surface area contributed by atoms with E-state index >= 15 is 0 Å². The van der Waals surface area contributed by atoms with Crippen LogP contribution in [-0.2, 0) is 107 Å². The average Bonchev–Trinajstić information content (AvgIpc) is 1.38. The molecule has 13 aliphatic carbocycles. The second-order valence-electron chi connectivity index (χ2n) is 43.8. The maximum absolute atomic E-state index is 13.2. The summed E-state index contributed by atoms with van der Waals surface area (Å²) in [7, 11) is -5.56. The van der Waals surface area contributed by atoms with Gasteiger partial charge in [-0.3, -0.25) is 54.9 Å². The molecule has 3 aliphatic heterocycles. The van der Waals surface area contributed by atoms with Gasteiger partial charge in [0.05, 0.1) is 71.0 Å². The quantitative estimate of drug-likeness (QED) is 0.00543. The fourth-order valence-corrected chi connectivity index (χ4v) is 26.7. The number of rotatable bonds is 25. The number of sulfonamides is 3. The van der Waals surface area contributed by atoms with E-state index < -0.39 is 208 Å². The number of carbonyl (C=O) groups is 8. The number of thiol groups is 1. The van der Waals surface area contributed by atoms with Crippen LogP contribution in [0.4, 0.5) is 26.7 Å². The minimum atomic E-state index is -4.18. The minimum Gasteiger partial charge on any atom is -1.00 e. The third kappa shape index (κ3) is 27.6. The van der Waals surface area contributed by atoms with Crippen molar-refractivity contribution in [1.29, 1.82) is 0 Å². The van der Waals surface area contributed by atoms with E-state index in [4.69, 9.17) is 70.6 Å². The van der Waals surface area contributed by atoms with Crippen molar-refractivity contribution in [3.63, 3.8) is 0 Å². The molecule has 13 fully saturated rings. The van der Waals surface area contributed by atoms with Crippen LogP contribution in [-0.4, -0.2) is 238 Å². The minimum absolute atomic E-state index is 0. The van der Waals surface area contributed by atoms with Gasteiger partial charge in [0, 0.05) is 77.7 Å². The van der Waals surface area contributed by atoms with E-state index in [1.54, 1.807) is 69.2 Å². The van der Waals surface area contributed by atoms with Crippen LogP contribution in [0.2, 0.25) is 0 Å². The van der Waals surface area contributed by atoms with Crippen LogP contribution in [0, 0.1) is 57.9 Å². The molecule has 3 amide bonds. The van der Waals surface area contributed by atoms with Gasteiger partial charge in [0.15, 0.2) is 32.8 Å². The van der Waals surface area contributed by atoms with E-state index in [0.717, 1.165) is 49.1 Å². The number of aliphatic imine (C=N–C) groups is 3. The number of hydrogen-bond acceptors (Lipinski definition) is 37. The molecule has 53 heteroatoms. The Labute approximate surface area is 940 Å². The Morgan fingerprint density at radius 1 is 0.552 bits per heavy atom. The smallest absolute Gasteiger partial charge is 1.00 e. The average molecular weight is 2200 g/mol. The third-order valence-corrected chi connectivity index (χ3v) is 32.9. The molecular formula is C92H130ClK2N15O30S5. The van der Waals surface area contributed by atoms with Gasteiger partial charge in [0.25, 0.3) is 23.5 Å². The van der Waals surface area contributed by atoms with Gasteiger partial charge < -0.3 is 62.1 Å². The molecule has 0 unspecified atom stereocenters. The van der Waals surface area contributed by atoms with Gasteiger partial charge in [0.1, 0.15) is 34.8 Å². The summed E-state index contributed by atoms with van der Waals surface area (Å²) in [6.07, 6.45) is 6.37. The first-order chi connectivity index (χ1) is 65.0. The number of ether oxygens (including phenoxy) is 6. The van der Waals surface area contributed by atoms with Gasteiger partial charge in [-0.25, -0.2) is 86.4 Å². The zero-order chi connectivity index (χ0) is 107. The second-order valence-corrected chi connectivity index (χ2v) is 52.1. The first-order valence-electron chi connectivity index (χ1n) is 45.0. The SMILES string of the molecule is C.CC(C)(C)c1ccc(S)cc1.COC(=O)[C@@H]1N(C(=O)OC(C)(C)C)C(C23CC(N)(C2)C3)=NC1(C)C.COC(=O)[C@@H]1N(C(=O)OC(C)(C)C)C(C23CC(NS(=O)(=O)c4ccccc4[N+](=O)[O-])(C2)C3)=NC1(C)C.COC(=O)[C@@H]1N=C(C23CC(NS(=O)(=O)c4ccccc4[N+](=O)[O-])(C2)C3)NC1(C)C.COC(=O)[C@H](NC(=O)C12CC(NS(=O)(=O)c3ccccc3[N+](=O)[O-])(C1)C2)C(C)(C)N.O=CO[O-].O=S(=O)(Cl)CC1CC1.[H-].[K+].[K+]. The largest absolute Gasteiger partial charge is 1.00 e. The maximum Gasteiger partial charge on any atom is 1.00 e. The molecule has 0 radical (unpaired) electrons. The molecule has 3 heterocycles. The van der Waals surface area contributed by atoms with Crippen LogP contribution in [0.1, 0.15) is 222 Å². The van der Waals surface area contributed by atoms with Crippen LogP contribution >= 0.6 is 23.3 Å². The number of halogens is 1. The number of nitro groups is 3. The molecule has 0 aromatic heterocycles. The van der Waals surface area contributed by atoms with Gasteiger partial charge in [0.2, 0.25) is 45.0 Å². The van der Waals surface area contributed by atoms with Crippen molar-refractivity contribution in [2.75, 3.05) is 34.2 Å². The Morgan fingerprint density at radius 3 is 1.17 bits per heavy atom. The number of nitrogens with zero attached hydrogens (tertiary/aromatic N) is 8. The summed E-state index contributed by atoms with van der Waals surface area (Å²) < 4.78 is 136. The van der Waals surface area contributed by atoms with E-state index in [2.05, 4.69) is 80.2 Å². The summed E-state index contributed by atoms with van der Waals surface area (Å²) in [6, 6.07) is 20.2. The van der Waals surface area contributed by atoms with E-state index in [9.17, 15) is 97.6 Å². The summed E-state index contributed by atoms with van der Waals surface area (Å²) in [5.41, 5.74) is 3.01. The van der Waals surface area contributed by atoms with Crippen molar-refractivity contribution in [2.45, 2.75) is 320 Å². The summed E-state index contributed by atoms with van der Waals surface area (Å²) in [5, 5.41) is 48.0. The number of para-hydroxylation sites is 3. The zero-order valence-electron chi connectivity index (χ0n) is 85.7. The molecule has 0 saturated heterocycles. The van der Waals surface area contributed by atoms with E-state index in [-0.39, 0.29) is 170 Å². The summed E-state index contributed by atoms with van der Waals surface area (Å²) in [4.78, 5) is 147. The Hall–Kier alpha value is -7.28. The molecule has 145 heavy (non-hydrogen) atoms. The summed E-state index contributed by atoms with van der Waals surface area (Å²) in [5.74, 6) is -0.375. The van der Waals surface area contributed by atoms with Crippen LogP contribution < -0.4 is 144 Å². The molecule has 16 aliphatic rings. The van der Waals surface area contributed by atoms with Crippen LogP contribution in [0.5, 0.6) is 0 Å². The molecule has 9 N–H and O–H groups in total. The molecule has 0 spiro atoms. The number of carbonyl (C=O) groups excluding carboxylic acids is 8. The Kier molecular flexibility index (Phi) is 38.3. The number of amidine groups is 3. The number of amides is 3. The van der Waals surface area contributed by atoms with Gasteiger partial charge in [-0.1, -0.05) is 76.7 Å². The van der Waals surface area contributed by atoms with E-state index in [1.165, 1.54) is 104 Å².